The number of rotatable bonds is 8. The van der Waals surface area contributed by atoms with E-state index in [1.54, 1.807) is 0 Å². The van der Waals surface area contributed by atoms with Crippen molar-refractivity contribution >= 4 is 0 Å². The van der Waals surface area contributed by atoms with Crippen LogP contribution in [0.2, 0.25) is 0 Å². The molecule has 3 aromatic rings. The molecule has 2 aromatic carbocycles. The number of aromatic amines is 1. The predicted octanol–water partition coefficient (Wildman–Crippen LogP) is 5.75. The Morgan fingerprint density at radius 2 is 1.60 bits per heavy atom. The Morgan fingerprint density at radius 3 is 2.14 bits per heavy atom. The Morgan fingerprint density at radius 1 is 1.02 bits per heavy atom. The van der Waals surface area contributed by atoms with Gasteiger partial charge in [0, 0.05) is 5.56 Å². The maximum absolute atomic E-state index is 14.4. The first-order chi connectivity index (χ1) is 19.4. The molecule has 2 heterocycles. The first-order valence-corrected chi connectivity index (χ1v) is 12.7. The van der Waals surface area contributed by atoms with Crippen LogP contribution >= 0.6 is 0 Å². The standard InChI is InChI=1S/C26H28F7N5O4/c1-15(17-10-18(25(28,29)30)12-19(11-17)26(31,32)33)42-24-23(16-4-6-20(27)7-5-16)38(40,8-9-41-24)14-22-21(34-36-35-22)13-37(2,3)39/h4-7,10-12,15,23-24H,8-9,13-14H2,1-3H3,(H,34,35,36). The van der Waals surface area contributed by atoms with Gasteiger partial charge in [-0.15, -0.1) is 0 Å². The predicted molar refractivity (Wildman–Crippen MR) is 133 cm³/mol. The molecule has 4 unspecified atom stereocenters. The van der Waals surface area contributed by atoms with Gasteiger partial charge in [-0.2, -0.15) is 41.8 Å². The lowest BCUT2D eigenvalue weighted by Gasteiger charge is -2.53. The number of morpholine rings is 1. The number of H-pyrrole nitrogens is 1. The summed E-state index contributed by atoms with van der Waals surface area (Å²) in [6.07, 6.45) is -13.0. The molecule has 1 aliphatic rings. The number of halogens is 7. The van der Waals surface area contributed by atoms with E-state index in [9.17, 15) is 41.1 Å². The monoisotopic (exact) mass is 607 g/mol. The van der Waals surface area contributed by atoms with Crippen LogP contribution < -0.4 is 0 Å². The lowest BCUT2D eigenvalue weighted by molar-refractivity contribution is -0.941. The summed E-state index contributed by atoms with van der Waals surface area (Å²) < 4.78 is 104. The Labute approximate surface area is 235 Å². The second-order valence-corrected chi connectivity index (χ2v) is 10.6. The van der Waals surface area contributed by atoms with Gasteiger partial charge in [-0.25, -0.2) is 4.39 Å². The molecule has 230 valence electrons. The van der Waals surface area contributed by atoms with Gasteiger partial charge in [-0.05, 0) is 55.0 Å². The molecular weight excluding hydrogens is 579 g/mol. The first-order valence-electron chi connectivity index (χ1n) is 12.7. The van der Waals surface area contributed by atoms with E-state index in [4.69, 9.17) is 9.47 Å². The average molecular weight is 608 g/mol. The molecule has 1 fully saturated rings. The highest BCUT2D eigenvalue weighted by atomic mass is 19.4. The molecule has 0 saturated carbocycles. The summed E-state index contributed by atoms with van der Waals surface area (Å²) in [6, 6.07) is 4.63. The van der Waals surface area contributed by atoms with Crippen LogP contribution in [0.4, 0.5) is 30.7 Å². The molecule has 1 N–H and O–H groups in total. The lowest BCUT2D eigenvalue weighted by atomic mass is 10.00. The number of quaternary nitrogens is 2. The molecular formula is C26H28F7N5O4. The molecule has 42 heavy (non-hydrogen) atoms. The van der Waals surface area contributed by atoms with Gasteiger partial charge in [0.05, 0.1) is 37.9 Å². The maximum atomic E-state index is 14.4. The Bertz CT molecular complexity index is 1340. The molecule has 16 heteroatoms. The Kier molecular flexibility index (Phi) is 8.70. The van der Waals surface area contributed by atoms with Crippen LogP contribution in [0.3, 0.4) is 0 Å². The van der Waals surface area contributed by atoms with Crippen LogP contribution in [-0.4, -0.2) is 58.2 Å². The molecule has 0 bridgehead atoms. The third-order valence-corrected chi connectivity index (χ3v) is 6.80. The highest BCUT2D eigenvalue weighted by Gasteiger charge is 2.45. The highest BCUT2D eigenvalue weighted by Crippen LogP contribution is 2.42. The topological polar surface area (TPSA) is 106 Å². The summed E-state index contributed by atoms with van der Waals surface area (Å²) in [5.74, 6) is -0.608. The van der Waals surface area contributed by atoms with E-state index in [1.807, 2.05) is 0 Å². The molecule has 9 nitrogen and oxygen atoms in total. The number of nitrogens with one attached hydrogen (secondary N) is 1. The number of alkyl halides is 6. The van der Waals surface area contributed by atoms with Crippen LogP contribution in [0.5, 0.6) is 0 Å². The van der Waals surface area contributed by atoms with Gasteiger partial charge in [0.2, 0.25) is 6.29 Å². The minimum absolute atomic E-state index is 0.00556. The molecule has 0 aliphatic carbocycles. The number of benzene rings is 2. The van der Waals surface area contributed by atoms with E-state index in [0.717, 1.165) is 12.1 Å². The molecule has 1 saturated heterocycles. The smallest absolute Gasteiger partial charge is 0.416 e. The number of hydroxylamine groups is 6. The summed E-state index contributed by atoms with van der Waals surface area (Å²) >= 11 is 0. The number of hydrogen-bond donors (Lipinski definition) is 1. The highest BCUT2D eigenvalue weighted by molar-refractivity contribution is 5.34. The number of nitrogens with zero attached hydrogens (tertiary/aromatic N) is 4. The SMILES string of the molecule is CC(OC1OCC[N+]([O-])(Cc2n[nH]nc2C[N+](C)(C)[O-])C1c1ccc(F)cc1)c1cc(C(F)(F)F)cc(C(F)(F)F)c1. The van der Waals surface area contributed by atoms with Gasteiger partial charge in [-0.3, -0.25) is 0 Å². The van der Waals surface area contributed by atoms with Crippen LogP contribution in [0.25, 0.3) is 0 Å². The first kappa shape index (κ1) is 31.8. The zero-order chi connectivity index (χ0) is 31.1. The third kappa shape index (κ3) is 7.43. The van der Waals surface area contributed by atoms with Gasteiger partial charge >= 0.3 is 12.4 Å². The summed E-state index contributed by atoms with van der Waals surface area (Å²) in [5.41, 5.74) is -2.82. The van der Waals surface area contributed by atoms with E-state index in [1.165, 1.54) is 33.2 Å². The van der Waals surface area contributed by atoms with Crippen LogP contribution in [-0.2, 0) is 34.9 Å². The van der Waals surface area contributed by atoms with E-state index < -0.39 is 62.6 Å². The number of aromatic nitrogens is 3. The second kappa shape index (κ2) is 11.5. The van der Waals surface area contributed by atoms with Gasteiger partial charge in [-0.1, -0.05) is 0 Å². The molecule has 0 radical (unpaired) electrons. The van der Waals surface area contributed by atoms with Crippen molar-refractivity contribution in [2.75, 3.05) is 27.2 Å². The van der Waals surface area contributed by atoms with E-state index in [0.29, 0.717) is 12.1 Å². The maximum Gasteiger partial charge on any atom is 0.416 e. The summed E-state index contributed by atoms with van der Waals surface area (Å²) in [7, 11) is 2.75. The van der Waals surface area contributed by atoms with Crippen molar-refractivity contribution in [3.63, 3.8) is 0 Å². The molecule has 1 aromatic heterocycles. The van der Waals surface area contributed by atoms with Crippen molar-refractivity contribution in [2.24, 2.45) is 0 Å². The van der Waals surface area contributed by atoms with Crippen molar-refractivity contribution in [1.29, 1.82) is 0 Å². The third-order valence-electron chi connectivity index (χ3n) is 6.80. The molecule has 0 amide bonds. The molecule has 0 spiro atoms. The van der Waals surface area contributed by atoms with Crippen molar-refractivity contribution in [1.82, 2.24) is 15.4 Å². The van der Waals surface area contributed by atoms with E-state index in [-0.39, 0.29) is 49.3 Å². The van der Waals surface area contributed by atoms with Crippen LogP contribution in [0.1, 0.15) is 52.7 Å². The second-order valence-electron chi connectivity index (χ2n) is 10.6. The summed E-state index contributed by atoms with van der Waals surface area (Å²) in [6.45, 7) is 0.426. The zero-order valence-corrected chi connectivity index (χ0v) is 22.7. The largest absolute Gasteiger partial charge is 0.633 e. The van der Waals surface area contributed by atoms with Gasteiger partial charge in [0.25, 0.3) is 0 Å². The lowest BCUT2D eigenvalue weighted by Crippen LogP contribution is -2.56. The van der Waals surface area contributed by atoms with Crippen molar-refractivity contribution < 1.29 is 49.5 Å². The summed E-state index contributed by atoms with van der Waals surface area (Å²) in [5, 5.41) is 37.1. The minimum Gasteiger partial charge on any atom is -0.633 e. The van der Waals surface area contributed by atoms with E-state index in [2.05, 4.69) is 15.4 Å². The van der Waals surface area contributed by atoms with Gasteiger partial charge < -0.3 is 29.2 Å². The average Bonchev–Trinajstić information content (AvgIpc) is 3.27. The summed E-state index contributed by atoms with van der Waals surface area (Å²) in [4.78, 5) is 0. The molecule has 4 rings (SSSR count). The molecule has 1 aliphatic heterocycles. The quantitative estimate of drug-likeness (QED) is 0.151. The van der Waals surface area contributed by atoms with E-state index >= 15 is 0 Å². The van der Waals surface area contributed by atoms with Crippen LogP contribution in [0, 0.1) is 16.2 Å². The van der Waals surface area contributed by atoms with Crippen molar-refractivity contribution in [3.8, 4) is 0 Å². The fraction of sp³-hybridized carbons (Fsp3) is 0.462. The van der Waals surface area contributed by atoms with Crippen LogP contribution in [0.15, 0.2) is 42.5 Å². The fourth-order valence-corrected chi connectivity index (χ4v) is 4.79. The van der Waals surface area contributed by atoms with Crippen molar-refractivity contribution in [3.05, 3.63) is 92.3 Å². The Hall–Kier alpha value is -3.15. The zero-order valence-electron chi connectivity index (χ0n) is 22.7. The number of ether oxygens (including phenoxy) is 2. The Balaban J connectivity index is 1.71. The minimum atomic E-state index is -5.07. The normalized spacial score (nSPS) is 22.8. The van der Waals surface area contributed by atoms with Gasteiger partial charge in [0.1, 0.15) is 36.8 Å². The van der Waals surface area contributed by atoms with Gasteiger partial charge in [0.15, 0.2) is 6.04 Å². The van der Waals surface area contributed by atoms with Crippen molar-refractivity contribution in [2.45, 2.75) is 50.8 Å². The molecule has 4 atom stereocenters. The fourth-order valence-electron chi connectivity index (χ4n) is 4.79. The number of hydrogen-bond acceptors (Lipinski definition) is 6.